The number of fused-ring (bicyclic) bond motifs is 11. The topological polar surface area (TPSA) is 8.17 Å². The van der Waals surface area contributed by atoms with Gasteiger partial charge < -0.3 is 9.47 Å². The van der Waals surface area contributed by atoms with Gasteiger partial charge in [0.2, 0.25) is 0 Å². The summed E-state index contributed by atoms with van der Waals surface area (Å²) >= 11 is 1.93. The van der Waals surface area contributed by atoms with Gasteiger partial charge in [0.1, 0.15) is 0 Å². The maximum atomic E-state index is 2.68. The minimum atomic E-state index is -0.141. The number of rotatable bonds is 7. The Labute approximate surface area is 412 Å². The quantitative estimate of drug-likeness (QED) is 0.155. The number of hydrogen-bond acceptors (Lipinski definition) is 2. The number of thiophene rings is 1. The Bertz CT molecular complexity index is 4110. The Hall–Kier alpha value is -8.24. The molecule has 2 aliphatic carbocycles. The standard InChI is InChI=1S/C67H48N2S/c1-67(2)60-28-15-14-26-54(60)55-36-34-50(40-61(55)67)68(49-32-29-45(30-33-49)43-17-6-3-7-18-43)51-35-37-56-62(41-51)69(48-23-10-5-11-24-48)65-58(53-27-16-22-46-21-12-13-25-52(46)53)42-59-57-39-47(44-19-8-4-9-20-44)31-38-63(57)70-66(59)64(56)65/h3-23,25-42,48H,24H2,1-2H3. The van der Waals surface area contributed by atoms with E-state index in [4.69, 9.17) is 0 Å². The molecule has 0 aliphatic heterocycles. The first kappa shape index (κ1) is 40.8. The van der Waals surface area contributed by atoms with Crippen LogP contribution in [0.4, 0.5) is 17.1 Å². The predicted molar refractivity (Wildman–Crippen MR) is 300 cm³/mol. The van der Waals surface area contributed by atoms with Gasteiger partial charge in [-0.05, 0) is 122 Å². The fourth-order valence-corrected chi connectivity index (χ4v) is 13.1. The van der Waals surface area contributed by atoms with Crippen LogP contribution in [0.15, 0.2) is 237 Å². The van der Waals surface area contributed by atoms with E-state index in [0.29, 0.717) is 0 Å². The summed E-state index contributed by atoms with van der Waals surface area (Å²) in [5, 5.41) is 7.71. The molecule has 0 N–H and O–H groups in total. The number of hydrogen-bond donors (Lipinski definition) is 0. The molecule has 2 aromatic heterocycles. The third-order valence-electron chi connectivity index (χ3n) is 15.3. The molecule has 70 heavy (non-hydrogen) atoms. The summed E-state index contributed by atoms with van der Waals surface area (Å²) in [6.07, 6.45) is 10.1. The number of allylic oxidation sites excluding steroid dienone is 4. The van der Waals surface area contributed by atoms with Gasteiger partial charge in [-0.25, -0.2) is 0 Å². The molecule has 2 heterocycles. The molecule has 2 aliphatic rings. The van der Waals surface area contributed by atoms with Crippen LogP contribution in [0.5, 0.6) is 0 Å². The molecule has 10 aromatic carbocycles. The van der Waals surface area contributed by atoms with Crippen molar-refractivity contribution in [3.63, 3.8) is 0 Å². The zero-order chi connectivity index (χ0) is 46.5. The molecule has 332 valence electrons. The fourth-order valence-electron chi connectivity index (χ4n) is 11.9. The average molecular weight is 913 g/mol. The van der Waals surface area contributed by atoms with E-state index in [9.17, 15) is 0 Å². The highest BCUT2D eigenvalue weighted by atomic mass is 32.1. The highest BCUT2D eigenvalue weighted by molar-refractivity contribution is 7.26. The van der Waals surface area contributed by atoms with Gasteiger partial charge in [-0.2, -0.15) is 0 Å². The van der Waals surface area contributed by atoms with Crippen molar-refractivity contribution in [2.24, 2.45) is 0 Å². The molecule has 0 amide bonds. The van der Waals surface area contributed by atoms with Gasteiger partial charge in [-0.15, -0.1) is 11.3 Å². The second-order valence-electron chi connectivity index (χ2n) is 19.6. The van der Waals surface area contributed by atoms with Crippen molar-refractivity contribution in [3.05, 3.63) is 248 Å². The molecule has 12 aromatic rings. The summed E-state index contributed by atoms with van der Waals surface area (Å²) < 4.78 is 5.32. The number of anilines is 3. The van der Waals surface area contributed by atoms with Gasteiger partial charge in [0, 0.05) is 59.0 Å². The third kappa shape index (κ3) is 6.31. The Kier molecular flexibility index (Phi) is 9.28. The second kappa shape index (κ2) is 15.9. The van der Waals surface area contributed by atoms with Gasteiger partial charge in [-0.3, -0.25) is 0 Å². The van der Waals surface area contributed by atoms with Crippen molar-refractivity contribution in [3.8, 4) is 44.5 Å². The first-order valence-corrected chi connectivity index (χ1v) is 25.3. The third-order valence-corrected chi connectivity index (χ3v) is 16.5. The summed E-state index contributed by atoms with van der Waals surface area (Å²) in [5.74, 6) is 0. The maximum absolute atomic E-state index is 2.68. The lowest BCUT2D eigenvalue weighted by Crippen LogP contribution is -2.16. The molecule has 1 unspecified atom stereocenters. The highest BCUT2D eigenvalue weighted by Crippen LogP contribution is 2.53. The molecule has 14 rings (SSSR count). The average Bonchev–Trinajstić information content (AvgIpc) is 4.04. The van der Waals surface area contributed by atoms with Gasteiger partial charge in [0.15, 0.2) is 0 Å². The van der Waals surface area contributed by atoms with Crippen molar-refractivity contribution in [2.75, 3.05) is 4.90 Å². The van der Waals surface area contributed by atoms with Crippen LogP contribution in [0.1, 0.15) is 37.4 Å². The number of nitrogens with zero attached hydrogens (tertiary/aromatic N) is 2. The lowest BCUT2D eigenvalue weighted by Gasteiger charge is -2.28. The first-order chi connectivity index (χ1) is 34.5. The van der Waals surface area contributed by atoms with Crippen molar-refractivity contribution < 1.29 is 0 Å². The van der Waals surface area contributed by atoms with E-state index >= 15 is 0 Å². The molecule has 0 saturated heterocycles. The van der Waals surface area contributed by atoms with E-state index in [2.05, 4.69) is 260 Å². The largest absolute Gasteiger partial charge is 0.333 e. The molecule has 0 spiro atoms. The molecule has 0 fully saturated rings. The van der Waals surface area contributed by atoms with Crippen molar-refractivity contribution in [2.45, 2.75) is 31.7 Å². The molecular formula is C67H48N2S. The number of benzene rings is 10. The molecule has 1 atom stereocenters. The molecule has 0 bridgehead atoms. The Morgan fingerprint density at radius 1 is 0.471 bits per heavy atom. The summed E-state index contributed by atoms with van der Waals surface area (Å²) in [4.78, 5) is 2.48. The van der Waals surface area contributed by atoms with Gasteiger partial charge >= 0.3 is 0 Å². The van der Waals surface area contributed by atoms with Crippen molar-refractivity contribution in [1.29, 1.82) is 0 Å². The van der Waals surface area contributed by atoms with Gasteiger partial charge in [-0.1, -0.05) is 196 Å². The number of aromatic nitrogens is 1. The summed E-state index contributed by atoms with van der Waals surface area (Å²) in [6.45, 7) is 4.75. The summed E-state index contributed by atoms with van der Waals surface area (Å²) in [6, 6.07) is 79.4. The lowest BCUT2D eigenvalue weighted by molar-refractivity contribution is 0.648. The molecular weight excluding hydrogens is 865 g/mol. The van der Waals surface area contributed by atoms with Crippen LogP contribution in [-0.4, -0.2) is 4.57 Å². The van der Waals surface area contributed by atoms with E-state index in [1.807, 2.05) is 11.3 Å². The van der Waals surface area contributed by atoms with Crippen molar-refractivity contribution >= 4 is 81.1 Å². The van der Waals surface area contributed by atoms with E-state index in [1.54, 1.807) is 0 Å². The monoisotopic (exact) mass is 912 g/mol. The zero-order valence-corrected chi connectivity index (χ0v) is 39.9. The second-order valence-corrected chi connectivity index (χ2v) is 20.6. The van der Waals surface area contributed by atoms with Crippen LogP contribution < -0.4 is 4.90 Å². The molecule has 0 saturated carbocycles. The summed E-state index contributed by atoms with van der Waals surface area (Å²) in [7, 11) is 0. The van der Waals surface area contributed by atoms with Gasteiger partial charge in [0.25, 0.3) is 0 Å². The van der Waals surface area contributed by atoms with Crippen LogP contribution in [0.25, 0.3) is 97.3 Å². The summed E-state index contributed by atoms with van der Waals surface area (Å²) in [5.41, 5.74) is 18.6. The van der Waals surface area contributed by atoms with E-state index < -0.39 is 0 Å². The van der Waals surface area contributed by atoms with Crippen LogP contribution in [-0.2, 0) is 5.41 Å². The van der Waals surface area contributed by atoms with Crippen LogP contribution in [0.3, 0.4) is 0 Å². The molecule has 3 heteroatoms. The van der Waals surface area contributed by atoms with Gasteiger partial charge in [0.05, 0.1) is 17.1 Å². The van der Waals surface area contributed by atoms with Crippen LogP contribution in [0, 0.1) is 0 Å². The maximum Gasteiger partial charge on any atom is 0.0591 e. The lowest BCUT2D eigenvalue weighted by atomic mass is 9.82. The van der Waals surface area contributed by atoms with Crippen molar-refractivity contribution in [1.82, 2.24) is 4.57 Å². The van der Waals surface area contributed by atoms with E-state index in [-0.39, 0.29) is 11.5 Å². The fraction of sp³-hybridized carbons (Fsp3) is 0.0746. The van der Waals surface area contributed by atoms with E-state index in [0.717, 1.165) is 23.5 Å². The van der Waals surface area contributed by atoms with Crippen LogP contribution in [0.2, 0.25) is 0 Å². The normalized spacial score (nSPS) is 14.8. The minimum absolute atomic E-state index is 0.114. The van der Waals surface area contributed by atoms with E-state index in [1.165, 1.54) is 108 Å². The zero-order valence-electron chi connectivity index (χ0n) is 39.1. The minimum Gasteiger partial charge on any atom is -0.333 e. The SMILES string of the molecule is CC1(C)c2ccccc2-c2ccc(N(c3ccc(-c4ccccc4)cc3)c3ccc4c5c6sc7ccc(-c8ccccc8)cc7c6cc(-c6cccc7ccccc67)c5n(C5C=CC=CC5)c4c3)cc21. The molecule has 2 nitrogen and oxygen atoms in total. The predicted octanol–water partition coefficient (Wildman–Crippen LogP) is 19.1. The Balaban J connectivity index is 1.06. The smallest absolute Gasteiger partial charge is 0.0591 e. The molecule has 0 radical (unpaired) electrons. The van der Waals surface area contributed by atoms with Crippen LogP contribution >= 0.6 is 11.3 Å². The Morgan fingerprint density at radius 2 is 1.13 bits per heavy atom. The first-order valence-electron chi connectivity index (χ1n) is 24.5. The highest BCUT2D eigenvalue weighted by Gasteiger charge is 2.36. The Morgan fingerprint density at radius 3 is 1.94 bits per heavy atom.